The van der Waals surface area contributed by atoms with E-state index in [1.807, 2.05) is 16.8 Å². The quantitative estimate of drug-likeness (QED) is 0.795. The van der Waals surface area contributed by atoms with Gasteiger partial charge in [-0.2, -0.15) is 5.10 Å². The van der Waals surface area contributed by atoms with Crippen molar-refractivity contribution in [1.29, 1.82) is 0 Å². The van der Waals surface area contributed by atoms with Crippen LogP contribution in [-0.2, 0) is 6.54 Å². The number of thiophene rings is 1. The molecule has 0 saturated heterocycles. The first-order chi connectivity index (χ1) is 9.69. The van der Waals surface area contributed by atoms with Crippen LogP contribution in [0.2, 0.25) is 0 Å². The summed E-state index contributed by atoms with van der Waals surface area (Å²) in [6.45, 7) is 2.85. The maximum atomic E-state index is 13.2. The number of hydrogen-bond donors (Lipinski definition) is 1. The molecule has 0 spiro atoms. The Morgan fingerprint density at radius 1 is 1.35 bits per heavy atom. The zero-order valence-corrected chi connectivity index (χ0v) is 11.9. The summed E-state index contributed by atoms with van der Waals surface area (Å²) in [5.41, 5.74) is 0.777. The number of halogens is 1. The van der Waals surface area contributed by atoms with E-state index in [2.05, 4.69) is 12.0 Å². The Kier molecular flexibility index (Phi) is 3.54. The molecule has 3 rings (SSSR count). The van der Waals surface area contributed by atoms with Gasteiger partial charge in [-0.05, 0) is 36.1 Å². The number of aryl methyl sites for hydroxylation is 1. The lowest BCUT2D eigenvalue weighted by Gasteiger charge is -2.11. The van der Waals surface area contributed by atoms with Gasteiger partial charge in [0.25, 0.3) is 0 Å². The van der Waals surface area contributed by atoms with E-state index in [9.17, 15) is 9.50 Å². The van der Waals surface area contributed by atoms with Crippen molar-refractivity contribution in [2.75, 3.05) is 0 Å². The van der Waals surface area contributed by atoms with Crippen LogP contribution in [0.25, 0.3) is 10.1 Å². The molecular formula is C15H15FN2OS. The highest BCUT2D eigenvalue weighted by molar-refractivity contribution is 7.19. The highest BCUT2D eigenvalue weighted by atomic mass is 32.1. The van der Waals surface area contributed by atoms with E-state index < -0.39 is 6.10 Å². The van der Waals surface area contributed by atoms with Crippen LogP contribution in [0.3, 0.4) is 0 Å². The number of rotatable bonds is 4. The van der Waals surface area contributed by atoms with Gasteiger partial charge in [0.05, 0.1) is 5.69 Å². The van der Waals surface area contributed by atoms with Crippen LogP contribution < -0.4 is 0 Å². The first-order valence-corrected chi connectivity index (χ1v) is 7.39. The summed E-state index contributed by atoms with van der Waals surface area (Å²) in [6, 6.07) is 8.41. The molecule has 2 aromatic heterocycles. The number of hydrogen-bond acceptors (Lipinski definition) is 3. The van der Waals surface area contributed by atoms with Gasteiger partial charge >= 0.3 is 0 Å². The van der Waals surface area contributed by atoms with E-state index in [0.717, 1.165) is 33.6 Å². The third-order valence-corrected chi connectivity index (χ3v) is 4.39. The molecule has 0 fully saturated rings. The molecule has 1 atom stereocenters. The molecule has 0 saturated carbocycles. The zero-order chi connectivity index (χ0) is 14.1. The number of fused-ring (bicyclic) bond motifs is 1. The zero-order valence-electron chi connectivity index (χ0n) is 11.1. The van der Waals surface area contributed by atoms with Crippen LogP contribution in [0, 0.1) is 5.82 Å². The normalized spacial score (nSPS) is 12.9. The molecule has 104 valence electrons. The van der Waals surface area contributed by atoms with Crippen molar-refractivity contribution >= 4 is 21.4 Å². The van der Waals surface area contributed by atoms with Crippen molar-refractivity contribution in [3.05, 3.63) is 52.9 Å². The fourth-order valence-corrected chi connectivity index (χ4v) is 3.37. The van der Waals surface area contributed by atoms with Gasteiger partial charge in [-0.3, -0.25) is 4.68 Å². The monoisotopic (exact) mass is 290 g/mol. The van der Waals surface area contributed by atoms with E-state index >= 15 is 0 Å². The summed E-state index contributed by atoms with van der Waals surface area (Å²) in [5.74, 6) is -0.253. The number of benzene rings is 1. The lowest BCUT2D eigenvalue weighted by molar-refractivity contribution is 0.211. The molecular weight excluding hydrogens is 275 g/mol. The molecule has 2 heterocycles. The summed E-state index contributed by atoms with van der Waals surface area (Å²) >= 11 is 1.41. The predicted molar refractivity (Wildman–Crippen MR) is 78.4 cm³/mol. The van der Waals surface area contributed by atoms with Crippen molar-refractivity contribution in [2.45, 2.75) is 26.0 Å². The minimum Gasteiger partial charge on any atom is -0.381 e. The lowest BCUT2D eigenvalue weighted by atomic mass is 10.2. The predicted octanol–water partition coefficient (Wildman–Crippen LogP) is 3.73. The molecule has 0 amide bonds. The van der Waals surface area contributed by atoms with Crippen LogP contribution in [0.5, 0.6) is 0 Å². The minimum absolute atomic E-state index is 0.253. The van der Waals surface area contributed by atoms with Crippen molar-refractivity contribution < 1.29 is 9.50 Å². The van der Waals surface area contributed by atoms with Crippen LogP contribution in [-0.4, -0.2) is 14.9 Å². The Bertz CT molecular complexity index is 734. The molecule has 0 radical (unpaired) electrons. The maximum absolute atomic E-state index is 13.2. The Labute approximate surface area is 120 Å². The van der Waals surface area contributed by atoms with E-state index in [0.29, 0.717) is 0 Å². The maximum Gasteiger partial charge on any atom is 0.130 e. The number of aromatic nitrogens is 2. The largest absolute Gasteiger partial charge is 0.381 e. The van der Waals surface area contributed by atoms with E-state index in [1.165, 1.54) is 23.5 Å². The van der Waals surface area contributed by atoms with Gasteiger partial charge in [0, 0.05) is 22.3 Å². The molecule has 1 aromatic carbocycles. The topological polar surface area (TPSA) is 38.0 Å². The minimum atomic E-state index is -0.718. The fourth-order valence-electron chi connectivity index (χ4n) is 2.28. The Hall–Kier alpha value is -1.72. The average molecular weight is 290 g/mol. The van der Waals surface area contributed by atoms with Crippen LogP contribution in [0.4, 0.5) is 4.39 Å². The van der Waals surface area contributed by atoms with Crippen molar-refractivity contribution in [3.8, 4) is 0 Å². The molecule has 0 aliphatic rings. The number of aliphatic hydroxyl groups is 1. The summed E-state index contributed by atoms with van der Waals surface area (Å²) in [7, 11) is 0. The molecule has 0 bridgehead atoms. The molecule has 1 N–H and O–H groups in total. The van der Waals surface area contributed by atoms with Gasteiger partial charge in [-0.15, -0.1) is 11.3 Å². The Morgan fingerprint density at radius 3 is 3.00 bits per heavy atom. The summed E-state index contributed by atoms with van der Waals surface area (Å²) in [6.07, 6.45) is 1.93. The second-order valence-electron chi connectivity index (χ2n) is 4.71. The summed E-state index contributed by atoms with van der Waals surface area (Å²) in [5, 5.41) is 15.7. The van der Waals surface area contributed by atoms with Crippen LogP contribution in [0.1, 0.15) is 30.0 Å². The number of nitrogens with zero attached hydrogens (tertiary/aromatic N) is 2. The average Bonchev–Trinajstić information content (AvgIpc) is 3.04. The van der Waals surface area contributed by atoms with E-state index in [-0.39, 0.29) is 5.82 Å². The lowest BCUT2D eigenvalue weighted by Crippen LogP contribution is -2.09. The first kappa shape index (κ1) is 13.3. The second kappa shape index (κ2) is 5.34. The number of aliphatic hydroxyl groups excluding tert-OH is 1. The third kappa shape index (κ3) is 2.34. The van der Waals surface area contributed by atoms with Gasteiger partial charge in [0.15, 0.2) is 0 Å². The van der Waals surface area contributed by atoms with Gasteiger partial charge in [-0.1, -0.05) is 13.0 Å². The molecule has 3 aromatic rings. The summed E-state index contributed by atoms with van der Waals surface area (Å²) in [4.78, 5) is 0.809. The van der Waals surface area contributed by atoms with Gasteiger partial charge in [0.2, 0.25) is 0 Å². The van der Waals surface area contributed by atoms with E-state index in [4.69, 9.17) is 0 Å². The smallest absolute Gasteiger partial charge is 0.130 e. The molecule has 20 heavy (non-hydrogen) atoms. The third-order valence-electron chi connectivity index (χ3n) is 3.24. The van der Waals surface area contributed by atoms with Gasteiger partial charge in [0.1, 0.15) is 11.9 Å². The SMILES string of the molecule is CCCn1nccc1C(O)c1cc2ccc(F)cc2s1. The van der Waals surface area contributed by atoms with Crippen LogP contribution >= 0.6 is 11.3 Å². The first-order valence-electron chi connectivity index (χ1n) is 6.58. The molecule has 0 aliphatic carbocycles. The van der Waals surface area contributed by atoms with Crippen molar-refractivity contribution in [3.63, 3.8) is 0 Å². The molecule has 3 nitrogen and oxygen atoms in total. The van der Waals surface area contributed by atoms with Gasteiger partial charge in [-0.25, -0.2) is 4.39 Å². The van der Waals surface area contributed by atoms with Crippen molar-refractivity contribution in [1.82, 2.24) is 9.78 Å². The Balaban J connectivity index is 1.99. The second-order valence-corrected chi connectivity index (χ2v) is 5.83. The summed E-state index contributed by atoms with van der Waals surface area (Å²) < 4.78 is 15.9. The van der Waals surface area contributed by atoms with Crippen LogP contribution in [0.15, 0.2) is 36.5 Å². The van der Waals surface area contributed by atoms with E-state index in [1.54, 1.807) is 12.3 Å². The van der Waals surface area contributed by atoms with Gasteiger partial charge < -0.3 is 5.11 Å². The standard InChI is InChI=1S/C15H15FN2OS/c1-2-7-18-12(5-6-17-18)15(19)14-8-10-3-4-11(16)9-13(10)20-14/h3-6,8-9,15,19H,2,7H2,1H3. The fraction of sp³-hybridized carbons (Fsp3) is 0.267. The molecule has 1 unspecified atom stereocenters. The highest BCUT2D eigenvalue weighted by Crippen LogP contribution is 2.33. The highest BCUT2D eigenvalue weighted by Gasteiger charge is 2.17. The molecule has 5 heteroatoms. The Morgan fingerprint density at radius 2 is 2.20 bits per heavy atom. The van der Waals surface area contributed by atoms with Crippen molar-refractivity contribution in [2.24, 2.45) is 0 Å². The molecule has 0 aliphatic heterocycles.